The number of hydrazone groups is 1. The maximum atomic E-state index is 11.9. The fourth-order valence-corrected chi connectivity index (χ4v) is 1.95. The maximum Gasteiger partial charge on any atom is 0.271 e. The zero-order valence-electron chi connectivity index (χ0n) is 14.3. The lowest BCUT2D eigenvalue weighted by atomic mass is 10.2. The van der Waals surface area contributed by atoms with E-state index < -0.39 is 31.1 Å². The fourth-order valence-electron chi connectivity index (χ4n) is 1.95. The standard InChI is InChI=1S/C18H16N2O8/c21-13-4-2-12(3-5-13)18(26)20-19-8-11-1-6-14(27-9-16(22)23)15(7-11)28-10-17(24)25/h1-8,21H,9-10H2,(H,20,26)(H,22,23)(H,24,25)/p-2/b19-8-. The molecule has 0 unspecified atom stereocenters. The summed E-state index contributed by atoms with van der Waals surface area (Å²) in [5.74, 6) is -3.52. The molecule has 0 radical (unpaired) electrons. The average Bonchev–Trinajstić information content (AvgIpc) is 2.65. The zero-order chi connectivity index (χ0) is 20.5. The number of carboxylic acids is 2. The third-order valence-electron chi connectivity index (χ3n) is 3.17. The Bertz CT molecular complexity index is 893. The number of carbonyl (C=O) groups is 3. The number of ether oxygens (including phenoxy) is 2. The number of phenolic OH excluding ortho intramolecular Hbond substituents is 1. The lowest BCUT2D eigenvalue weighted by Crippen LogP contribution is -2.30. The van der Waals surface area contributed by atoms with E-state index in [9.17, 15) is 29.7 Å². The first-order valence-corrected chi connectivity index (χ1v) is 7.77. The lowest BCUT2D eigenvalue weighted by Gasteiger charge is -2.14. The fraction of sp³-hybridized carbons (Fsp3) is 0.111. The summed E-state index contributed by atoms with van der Waals surface area (Å²) < 4.78 is 9.97. The molecule has 0 aliphatic carbocycles. The Morgan fingerprint density at radius 2 is 1.57 bits per heavy atom. The molecular formula is C18H14N2O8-2. The Balaban J connectivity index is 2.08. The number of aromatic hydroxyl groups is 1. The van der Waals surface area contributed by atoms with Crippen LogP contribution in [-0.2, 0) is 9.59 Å². The molecule has 2 rings (SSSR count). The van der Waals surface area contributed by atoms with Crippen molar-refractivity contribution >= 4 is 24.1 Å². The topological polar surface area (TPSA) is 160 Å². The monoisotopic (exact) mass is 386 g/mol. The first kappa shape index (κ1) is 20.2. The predicted molar refractivity (Wildman–Crippen MR) is 90.6 cm³/mol. The van der Waals surface area contributed by atoms with E-state index >= 15 is 0 Å². The summed E-state index contributed by atoms with van der Waals surface area (Å²) in [4.78, 5) is 33.0. The highest BCUT2D eigenvalue weighted by Crippen LogP contribution is 2.28. The van der Waals surface area contributed by atoms with Crippen LogP contribution < -0.4 is 25.1 Å². The molecule has 146 valence electrons. The summed E-state index contributed by atoms with van der Waals surface area (Å²) in [7, 11) is 0. The average molecular weight is 386 g/mol. The molecule has 0 aliphatic rings. The molecule has 0 aliphatic heterocycles. The molecule has 0 aromatic heterocycles. The van der Waals surface area contributed by atoms with E-state index in [0.29, 0.717) is 5.56 Å². The van der Waals surface area contributed by atoms with Crippen molar-refractivity contribution in [2.75, 3.05) is 13.2 Å². The van der Waals surface area contributed by atoms with Crippen LogP contribution in [0.1, 0.15) is 15.9 Å². The van der Waals surface area contributed by atoms with E-state index in [2.05, 4.69) is 10.5 Å². The van der Waals surface area contributed by atoms with Crippen molar-refractivity contribution in [1.29, 1.82) is 0 Å². The first-order chi connectivity index (χ1) is 13.3. The van der Waals surface area contributed by atoms with Crippen molar-refractivity contribution in [3.05, 3.63) is 53.6 Å². The van der Waals surface area contributed by atoms with Gasteiger partial charge in [0, 0.05) is 5.56 Å². The van der Waals surface area contributed by atoms with Gasteiger partial charge in [0.05, 0.1) is 18.2 Å². The van der Waals surface area contributed by atoms with E-state index in [1.54, 1.807) is 0 Å². The quantitative estimate of drug-likeness (QED) is 0.385. The molecule has 0 bridgehead atoms. The molecule has 0 saturated heterocycles. The van der Waals surface area contributed by atoms with Gasteiger partial charge in [0.25, 0.3) is 5.91 Å². The van der Waals surface area contributed by atoms with Crippen LogP contribution in [0.3, 0.4) is 0 Å². The van der Waals surface area contributed by atoms with Crippen LogP contribution in [0.25, 0.3) is 0 Å². The number of hydrogen-bond donors (Lipinski definition) is 2. The number of hydrogen-bond acceptors (Lipinski definition) is 9. The summed E-state index contributed by atoms with van der Waals surface area (Å²) in [6, 6.07) is 9.69. The Morgan fingerprint density at radius 1 is 0.964 bits per heavy atom. The van der Waals surface area contributed by atoms with Gasteiger partial charge in [-0.3, -0.25) is 4.79 Å². The number of amides is 1. The molecule has 0 spiro atoms. The minimum atomic E-state index is -1.48. The SMILES string of the molecule is O=C([O-])COc1ccc(/C=N\NC(=O)c2ccc(O)cc2)cc1OCC(=O)[O-]. The number of nitrogens with zero attached hydrogens (tertiary/aromatic N) is 1. The third-order valence-corrected chi connectivity index (χ3v) is 3.17. The van der Waals surface area contributed by atoms with Gasteiger partial charge >= 0.3 is 0 Å². The number of carbonyl (C=O) groups excluding carboxylic acids is 3. The van der Waals surface area contributed by atoms with Crippen molar-refractivity contribution in [1.82, 2.24) is 5.43 Å². The molecule has 0 saturated carbocycles. The van der Waals surface area contributed by atoms with Crippen molar-refractivity contribution in [2.45, 2.75) is 0 Å². The zero-order valence-corrected chi connectivity index (χ0v) is 14.3. The number of nitrogens with one attached hydrogen (secondary N) is 1. The summed E-state index contributed by atoms with van der Waals surface area (Å²) in [6.07, 6.45) is 1.26. The van der Waals surface area contributed by atoms with Crippen molar-refractivity contribution in [2.24, 2.45) is 5.10 Å². The van der Waals surface area contributed by atoms with Gasteiger partial charge in [0.1, 0.15) is 19.0 Å². The van der Waals surface area contributed by atoms with Crippen LogP contribution in [-0.4, -0.2) is 42.4 Å². The molecule has 0 atom stereocenters. The molecule has 2 aromatic rings. The summed E-state index contributed by atoms with van der Waals surface area (Å²) in [5, 5.41) is 34.0. The van der Waals surface area contributed by atoms with Gasteiger partial charge < -0.3 is 34.4 Å². The van der Waals surface area contributed by atoms with Crippen molar-refractivity contribution in [3.8, 4) is 17.2 Å². The van der Waals surface area contributed by atoms with Crippen molar-refractivity contribution < 1.29 is 39.2 Å². The molecule has 1 amide bonds. The molecule has 10 heteroatoms. The number of rotatable bonds is 9. The molecule has 0 heterocycles. The van der Waals surface area contributed by atoms with Crippen LogP contribution in [0.15, 0.2) is 47.6 Å². The normalized spacial score (nSPS) is 10.4. The van der Waals surface area contributed by atoms with Gasteiger partial charge in [-0.2, -0.15) is 5.10 Å². The highest BCUT2D eigenvalue weighted by atomic mass is 16.5. The number of aliphatic carboxylic acids is 2. The van der Waals surface area contributed by atoms with E-state index in [1.807, 2.05) is 0 Å². The molecule has 2 N–H and O–H groups in total. The minimum Gasteiger partial charge on any atom is -0.546 e. The Labute approximate surface area is 158 Å². The van der Waals surface area contributed by atoms with Crippen LogP contribution >= 0.6 is 0 Å². The van der Waals surface area contributed by atoms with Gasteiger partial charge in [-0.25, -0.2) is 5.43 Å². The summed E-state index contributed by atoms with van der Waals surface area (Å²) in [6.45, 7) is -1.53. The Hall–Kier alpha value is -4.08. The lowest BCUT2D eigenvalue weighted by molar-refractivity contribution is -0.309. The maximum absolute atomic E-state index is 11.9. The summed E-state index contributed by atoms with van der Waals surface area (Å²) >= 11 is 0. The predicted octanol–water partition coefficient (Wildman–Crippen LogP) is -1.59. The van der Waals surface area contributed by atoms with Crippen molar-refractivity contribution in [3.63, 3.8) is 0 Å². The second kappa shape index (κ2) is 9.57. The van der Waals surface area contributed by atoms with Gasteiger partial charge in [-0.05, 0) is 48.0 Å². The summed E-state index contributed by atoms with van der Waals surface area (Å²) in [5.41, 5.74) is 2.96. The molecular weight excluding hydrogens is 372 g/mol. The molecule has 28 heavy (non-hydrogen) atoms. The van der Waals surface area contributed by atoms with Crippen LogP contribution in [0, 0.1) is 0 Å². The van der Waals surface area contributed by atoms with Gasteiger partial charge in [0.15, 0.2) is 11.5 Å². The van der Waals surface area contributed by atoms with Crippen LogP contribution in [0.5, 0.6) is 17.2 Å². The number of carboxylic acid groups (broad SMARTS) is 2. The van der Waals surface area contributed by atoms with E-state index in [1.165, 1.54) is 48.7 Å². The van der Waals surface area contributed by atoms with E-state index in [4.69, 9.17) is 9.47 Å². The Kier molecular flexibility index (Phi) is 6.92. The Morgan fingerprint density at radius 3 is 2.18 bits per heavy atom. The second-order valence-corrected chi connectivity index (χ2v) is 5.27. The van der Waals surface area contributed by atoms with E-state index in [0.717, 1.165) is 0 Å². The van der Waals surface area contributed by atoms with Crippen LogP contribution in [0.4, 0.5) is 0 Å². The molecule has 10 nitrogen and oxygen atoms in total. The highest BCUT2D eigenvalue weighted by Gasteiger charge is 2.08. The first-order valence-electron chi connectivity index (χ1n) is 7.77. The third kappa shape index (κ3) is 6.33. The highest BCUT2D eigenvalue weighted by molar-refractivity contribution is 5.95. The smallest absolute Gasteiger partial charge is 0.271 e. The largest absolute Gasteiger partial charge is 0.546 e. The van der Waals surface area contributed by atoms with Crippen LogP contribution in [0.2, 0.25) is 0 Å². The van der Waals surface area contributed by atoms with Gasteiger partial charge in [-0.15, -0.1) is 0 Å². The molecule has 0 fully saturated rings. The van der Waals surface area contributed by atoms with Gasteiger partial charge in [0.2, 0.25) is 0 Å². The minimum absolute atomic E-state index is 0.0178. The second-order valence-electron chi connectivity index (χ2n) is 5.27. The number of benzene rings is 2. The van der Waals surface area contributed by atoms with Gasteiger partial charge in [-0.1, -0.05) is 0 Å². The molecule has 2 aromatic carbocycles. The van der Waals surface area contributed by atoms with E-state index in [-0.39, 0.29) is 22.8 Å². The number of phenols is 1.